The van der Waals surface area contributed by atoms with Crippen LogP contribution in [0.15, 0.2) is 34.5 Å². The Balaban J connectivity index is 1.94. The van der Waals surface area contributed by atoms with Crippen LogP contribution < -0.4 is 10.9 Å². The highest BCUT2D eigenvalue weighted by atomic mass is 35.5. The summed E-state index contributed by atoms with van der Waals surface area (Å²) >= 11 is 5.74. The molecule has 1 heterocycles. The SMILES string of the molecule is CC1C(=O)NN=C1C(=O)N/N=C/c1ccc(Cl)cc1. The monoisotopic (exact) mass is 278 g/mol. The van der Waals surface area contributed by atoms with Crippen LogP contribution in [-0.2, 0) is 9.59 Å². The first-order valence-electron chi connectivity index (χ1n) is 5.54. The maximum absolute atomic E-state index is 11.7. The molecule has 2 amide bonds. The summed E-state index contributed by atoms with van der Waals surface area (Å²) in [5.41, 5.74) is 5.46. The molecule has 0 spiro atoms. The molecule has 6 nitrogen and oxygen atoms in total. The summed E-state index contributed by atoms with van der Waals surface area (Å²) in [4.78, 5) is 22.8. The number of nitrogens with zero attached hydrogens (tertiary/aromatic N) is 2. The van der Waals surface area contributed by atoms with Gasteiger partial charge in [0.05, 0.1) is 12.1 Å². The largest absolute Gasteiger partial charge is 0.288 e. The van der Waals surface area contributed by atoms with Crippen LogP contribution >= 0.6 is 11.6 Å². The van der Waals surface area contributed by atoms with Crippen molar-refractivity contribution in [2.45, 2.75) is 6.92 Å². The Morgan fingerprint density at radius 2 is 2.16 bits per heavy atom. The highest BCUT2D eigenvalue weighted by molar-refractivity contribution is 6.44. The van der Waals surface area contributed by atoms with E-state index in [-0.39, 0.29) is 11.6 Å². The summed E-state index contributed by atoms with van der Waals surface area (Å²) in [6.07, 6.45) is 1.48. The van der Waals surface area contributed by atoms with Crippen LogP contribution in [0.4, 0.5) is 0 Å². The van der Waals surface area contributed by atoms with Crippen molar-refractivity contribution >= 4 is 35.3 Å². The molecule has 2 rings (SSSR count). The molecule has 1 aliphatic heterocycles. The Bertz CT molecular complexity index is 566. The van der Waals surface area contributed by atoms with Crippen molar-refractivity contribution in [1.29, 1.82) is 0 Å². The fourth-order valence-electron chi connectivity index (χ4n) is 1.45. The molecule has 0 bridgehead atoms. The summed E-state index contributed by atoms with van der Waals surface area (Å²) in [5, 5.41) is 8.06. The zero-order valence-electron chi connectivity index (χ0n) is 10.1. The molecule has 0 aromatic heterocycles. The van der Waals surface area contributed by atoms with Crippen molar-refractivity contribution in [3.63, 3.8) is 0 Å². The third-order valence-corrected chi connectivity index (χ3v) is 2.82. The van der Waals surface area contributed by atoms with E-state index in [1.807, 2.05) is 0 Å². The van der Waals surface area contributed by atoms with Gasteiger partial charge in [-0.3, -0.25) is 9.59 Å². The van der Waals surface area contributed by atoms with E-state index in [1.54, 1.807) is 31.2 Å². The Morgan fingerprint density at radius 1 is 1.47 bits per heavy atom. The topological polar surface area (TPSA) is 82.9 Å². The minimum Gasteiger partial charge on any atom is -0.272 e. The second-order valence-electron chi connectivity index (χ2n) is 3.95. The molecule has 1 aliphatic rings. The van der Waals surface area contributed by atoms with E-state index in [9.17, 15) is 9.59 Å². The summed E-state index contributed by atoms with van der Waals surface area (Å²) < 4.78 is 0. The molecular formula is C12H11ClN4O2. The maximum atomic E-state index is 11.7. The van der Waals surface area contributed by atoms with Gasteiger partial charge in [-0.15, -0.1) is 0 Å². The van der Waals surface area contributed by atoms with Gasteiger partial charge in [0.25, 0.3) is 5.91 Å². The van der Waals surface area contributed by atoms with E-state index in [4.69, 9.17) is 11.6 Å². The van der Waals surface area contributed by atoms with Crippen LogP contribution in [-0.4, -0.2) is 23.7 Å². The average molecular weight is 279 g/mol. The first kappa shape index (κ1) is 13.2. The van der Waals surface area contributed by atoms with Crippen LogP contribution in [0.2, 0.25) is 5.02 Å². The molecule has 0 saturated heterocycles. The van der Waals surface area contributed by atoms with E-state index in [0.29, 0.717) is 5.02 Å². The Labute approximate surface area is 114 Å². The number of hydrazone groups is 2. The molecule has 1 aromatic carbocycles. The number of carbonyl (C=O) groups is 2. The Morgan fingerprint density at radius 3 is 2.74 bits per heavy atom. The van der Waals surface area contributed by atoms with Crippen LogP contribution in [0.5, 0.6) is 0 Å². The van der Waals surface area contributed by atoms with E-state index in [2.05, 4.69) is 21.1 Å². The van der Waals surface area contributed by atoms with Gasteiger partial charge in [0.2, 0.25) is 5.91 Å². The second kappa shape index (κ2) is 5.62. The molecule has 0 radical (unpaired) electrons. The molecule has 7 heteroatoms. The number of amides is 2. The van der Waals surface area contributed by atoms with Gasteiger partial charge in [-0.2, -0.15) is 10.2 Å². The van der Waals surface area contributed by atoms with Crippen LogP contribution in [0.1, 0.15) is 12.5 Å². The molecule has 98 valence electrons. The first-order chi connectivity index (χ1) is 9.08. The standard InChI is InChI=1S/C12H11ClN4O2/c1-7-10(15-17-11(7)18)12(19)16-14-6-8-2-4-9(13)5-3-8/h2-7H,1H3,(H,16,19)(H,17,18)/b14-6+. The number of hydrogen-bond acceptors (Lipinski definition) is 4. The van der Waals surface area contributed by atoms with Crippen molar-refractivity contribution in [2.75, 3.05) is 0 Å². The Kier molecular flexibility index (Phi) is 3.91. The minimum absolute atomic E-state index is 0.123. The van der Waals surface area contributed by atoms with Gasteiger partial charge in [0.15, 0.2) is 0 Å². The van der Waals surface area contributed by atoms with Gasteiger partial charge in [-0.1, -0.05) is 23.7 Å². The van der Waals surface area contributed by atoms with E-state index in [0.717, 1.165) is 5.56 Å². The summed E-state index contributed by atoms with van der Waals surface area (Å²) in [5.74, 6) is -1.37. The van der Waals surface area contributed by atoms with Crippen molar-refractivity contribution in [2.24, 2.45) is 16.1 Å². The average Bonchev–Trinajstić information content (AvgIpc) is 2.72. The van der Waals surface area contributed by atoms with E-state index >= 15 is 0 Å². The second-order valence-corrected chi connectivity index (χ2v) is 4.38. The minimum atomic E-state index is -0.564. The number of benzene rings is 1. The fourth-order valence-corrected chi connectivity index (χ4v) is 1.58. The number of nitrogens with one attached hydrogen (secondary N) is 2. The lowest BCUT2D eigenvalue weighted by atomic mass is 10.1. The third-order valence-electron chi connectivity index (χ3n) is 2.57. The van der Waals surface area contributed by atoms with E-state index < -0.39 is 11.8 Å². The first-order valence-corrected chi connectivity index (χ1v) is 5.92. The highest BCUT2D eigenvalue weighted by Gasteiger charge is 2.30. The molecular weight excluding hydrogens is 268 g/mol. The van der Waals surface area contributed by atoms with Crippen molar-refractivity contribution in [1.82, 2.24) is 10.9 Å². The van der Waals surface area contributed by atoms with Crippen LogP contribution in [0.3, 0.4) is 0 Å². The molecule has 1 atom stereocenters. The predicted molar refractivity (Wildman–Crippen MR) is 71.9 cm³/mol. The molecule has 1 unspecified atom stereocenters. The molecule has 19 heavy (non-hydrogen) atoms. The highest BCUT2D eigenvalue weighted by Crippen LogP contribution is 2.08. The van der Waals surface area contributed by atoms with Gasteiger partial charge < -0.3 is 0 Å². The van der Waals surface area contributed by atoms with Gasteiger partial charge in [-0.25, -0.2) is 10.9 Å². The predicted octanol–water partition coefficient (Wildman–Crippen LogP) is 0.912. The summed E-state index contributed by atoms with van der Waals surface area (Å²) in [6.45, 7) is 1.60. The normalized spacial score (nSPS) is 18.3. The zero-order valence-corrected chi connectivity index (χ0v) is 10.8. The van der Waals surface area contributed by atoms with Gasteiger partial charge in [-0.05, 0) is 24.6 Å². The van der Waals surface area contributed by atoms with Crippen LogP contribution in [0, 0.1) is 5.92 Å². The van der Waals surface area contributed by atoms with Crippen molar-refractivity contribution < 1.29 is 9.59 Å². The zero-order chi connectivity index (χ0) is 13.8. The smallest absolute Gasteiger partial charge is 0.272 e. The summed E-state index contributed by atoms with van der Waals surface area (Å²) in [7, 11) is 0. The molecule has 0 saturated carbocycles. The lowest BCUT2D eigenvalue weighted by Gasteiger charge is -2.01. The van der Waals surface area contributed by atoms with Gasteiger partial charge in [0.1, 0.15) is 5.71 Å². The van der Waals surface area contributed by atoms with Gasteiger partial charge >= 0.3 is 0 Å². The van der Waals surface area contributed by atoms with Crippen molar-refractivity contribution in [3.05, 3.63) is 34.9 Å². The molecule has 1 aromatic rings. The van der Waals surface area contributed by atoms with Gasteiger partial charge in [0, 0.05) is 5.02 Å². The third kappa shape index (κ3) is 3.17. The van der Waals surface area contributed by atoms with Crippen molar-refractivity contribution in [3.8, 4) is 0 Å². The maximum Gasteiger partial charge on any atom is 0.288 e. The van der Waals surface area contributed by atoms with E-state index in [1.165, 1.54) is 6.21 Å². The quantitative estimate of drug-likeness (QED) is 0.636. The number of halogens is 1. The molecule has 0 fully saturated rings. The fraction of sp³-hybridized carbons (Fsp3) is 0.167. The molecule has 0 aliphatic carbocycles. The molecule has 2 N–H and O–H groups in total. The summed E-state index contributed by atoms with van der Waals surface area (Å²) in [6, 6.07) is 6.96. The number of rotatable bonds is 3. The van der Waals surface area contributed by atoms with Crippen LogP contribution in [0.25, 0.3) is 0 Å². The lowest BCUT2D eigenvalue weighted by molar-refractivity contribution is -0.122. The number of hydrogen-bond donors (Lipinski definition) is 2. The number of carbonyl (C=O) groups excluding carboxylic acids is 2. The lowest BCUT2D eigenvalue weighted by Crippen LogP contribution is -2.32. The Hall–Kier alpha value is -2.21.